The molecule has 3 rings (SSSR count). The van der Waals surface area contributed by atoms with Gasteiger partial charge < -0.3 is 10.0 Å². The number of aliphatic hydroxyl groups is 1. The van der Waals surface area contributed by atoms with Crippen LogP contribution in [0.25, 0.3) is 0 Å². The first kappa shape index (κ1) is 23.1. The Morgan fingerprint density at radius 2 is 1.77 bits per heavy atom. The van der Waals surface area contributed by atoms with E-state index in [1.165, 1.54) is 6.07 Å². The van der Waals surface area contributed by atoms with Crippen molar-refractivity contribution in [2.24, 2.45) is 5.92 Å². The first-order valence-corrected chi connectivity index (χ1v) is 12.0. The molecular weight excluding hydrogens is 426 g/mol. The third-order valence-electron chi connectivity index (χ3n) is 5.51. The average molecular weight is 453 g/mol. The van der Waals surface area contributed by atoms with Gasteiger partial charge in [-0.2, -0.15) is 0 Å². The summed E-state index contributed by atoms with van der Waals surface area (Å²) in [4.78, 5) is 14.3. The summed E-state index contributed by atoms with van der Waals surface area (Å²) in [6, 6.07) is 10.3. The largest absolute Gasteiger partial charge is 0.388 e. The molecule has 1 unspecified atom stereocenters. The number of rotatable bonds is 7. The minimum Gasteiger partial charge on any atom is -0.388 e. The number of likely N-dealkylation sites (tertiary alicyclic amines) is 1. The minimum atomic E-state index is -3.33. The zero-order valence-electron chi connectivity index (χ0n) is 17.2. The monoisotopic (exact) mass is 452 g/mol. The Hall–Kier alpha value is -2.52. The summed E-state index contributed by atoms with van der Waals surface area (Å²) in [6.45, 7) is 1.00. The highest BCUT2D eigenvalue weighted by atomic mass is 32.2. The number of aryl methyl sites for hydroxylation is 1. The Kier molecular flexibility index (Phi) is 7.27. The molecule has 0 saturated carbocycles. The van der Waals surface area contributed by atoms with Gasteiger partial charge in [0.25, 0.3) is 0 Å². The van der Waals surface area contributed by atoms with Crippen LogP contribution in [0.2, 0.25) is 0 Å². The van der Waals surface area contributed by atoms with Crippen LogP contribution in [-0.4, -0.2) is 43.7 Å². The van der Waals surface area contributed by atoms with Gasteiger partial charge in [0, 0.05) is 25.2 Å². The van der Waals surface area contributed by atoms with Crippen LogP contribution < -0.4 is 4.72 Å². The molecule has 0 bridgehead atoms. The van der Waals surface area contributed by atoms with Crippen molar-refractivity contribution in [3.8, 4) is 0 Å². The normalized spacial score (nSPS) is 16.2. The molecule has 0 radical (unpaired) electrons. The predicted molar refractivity (Wildman–Crippen MR) is 114 cm³/mol. The molecule has 9 heteroatoms. The highest BCUT2D eigenvalue weighted by Gasteiger charge is 2.28. The fourth-order valence-corrected chi connectivity index (χ4v) is 4.36. The van der Waals surface area contributed by atoms with Crippen LogP contribution in [0.1, 0.15) is 36.5 Å². The first-order valence-electron chi connectivity index (χ1n) is 10.1. The number of halogens is 2. The summed E-state index contributed by atoms with van der Waals surface area (Å²) in [7, 11) is -3.33. The van der Waals surface area contributed by atoms with Crippen molar-refractivity contribution in [2.45, 2.75) is 31.8 Å². The third-order valence-corrected chi connectivity index (χ3v) is 6.12. The van der Waals surface area contributed by atoms with Crippen LogP contribution in [-0.2, 0) is 21.2 Å². The molecule has 1 amide bonds. The molecule has 168 valence electrons. The molecule has 1 saturated heterocycles. The van der Waals surface area contributed by atoms with E-state index >= 15 is 0 Å². The number of carbonyl (C=O) groups is 1. The number of benzene rings is 2. The van der Waals surface area contributed by atoms with Gasteiger partial charge in [0.05, 0.1) is 12.4 Å². The molecule has 6 nitrogen and oxygen atoms in total. The van der Waals surface area contributed by atoms with Gasteiger partial charge in [0.1, 0.15) is 0 Å². The third kappa shape index (κ3) is 6.48. The summed E-state index contributed by atoms with van der Waals surface area (Å²) >= 11 is 0. The van der Waals surface area contributed by atoms with E-state index in [1.807, 2.05) is 0 Å². The van der Waals surface area contributed by atoms with Crippen molar-refractivity contribution in [2.75, 3.05) is 24.1 Å². The fraction of sp³-hybridized carbons (Fsp3) is 0.409. The molecule has 31 heavy (non-hydrogen) atoms. The summed E-state index contributed by atoms with van der Waals surface area (Å²) in [6.07, 6.45) is 2.21. The van der Waals surface area contributed by atoms with Gasteiger partial charge in [0.15, 0.2) is 11.6 Å². The molecule has 2 N–H and O–H groups in total. The summed E-state index contributed by atoms with van der Waals surface area (Å²) in [5.41, 5.74) is 1.74. The van der Waals surface area contributed by atoms with Gasteiger partial charge in [-0.25, -0.2) is 17.2 Å². The molecule has 0 aromatic heterocycles. The van der Waals surface area contributed by atoms with E-state index in [0.717, 1.165) is 24.0 Å². The quantitative estimate of drug-likeness (QED) is 0.675. The predicted octanol–water partition coefficient (Wildman–Crippen LogP) is 3.24. The topological polar surface area (TPSA) is 86.7 Å². The number of sulfonamides is 1. The molecule has 0 aliphatic carbocycles. The Morgan fingerprint density at radius 1 is 1.13 bits per heavy atom. The van der Waals surface area contributed by atoms with Crippen molar-refractivity contribution in [1.82, 2.24) is 4.90 Å². The molecule has 0 spiro atoms. The van der Waals surface area contributed by atoms with E-state index in [9.17, 15) is 27.1 Å². The first-order chi connectivity index (χ1) is 14.6. The Labute approximate surface area is 180 Å². The van der Waals surface area contributed by atoms with E-state index in [0.29, 0.717) is 50.0 Å². The van der Waals surface area contributed by atoms with Crippen molar-refractivity contribution >= 4 is 21.6 Å². The second kappa shape index (κ2) is 9.74. The number of hydrogen-bond donors (Lipinski definition) is 2. The van der Waals surface area contributed by atoms with Crippen molar-refractivity contribution in [3.63, 3.8) is 0 Å². The van der Waals surface area contributed by atoms with Crippen LogP contribution in [0.4, 0.5) is 14.5 Å². The fourth-order valence-electron chi connectivity index (χ4n) is 3.80. The van der Waals surface area contributed by atoms with E-state index in [-0.39, 0.29) is 11.8 Å². The molecule has 1 heterocycles. The Balaban J connectivity index is 1.47. The number of amides is 1. The van der Waals surface area contributed by atoms with E-state index in [1.54, 1.807) is 29.2 Å². The number of nitrogens with zero attached hydrogens (tertiary/aromatic N) is 1. The maximum absolute atomic E-state index is 13.4. The zero-order chi connectivity index (χ0) is 22.6. The van der Waals surface area contributed by atoms with E-state index in [4.69, 9.17) is 0 Å². The lowest BCUT2D eigenvalue weighted by Crippen LogP contribution is -2.39. The Bertz CT molecular complexity index is 1020. The van der Waals surface area contributed by atoms with Crippen LogP contribution >= 0.6 is 0 Å². The SMILES string of the molecule is CS(=O)(=O)Nc1ccc(CCC(=O)N2CCC(C(O)c3ccc(F)c(F)c3)CC2)cc1. The number of nitrogens with one attached hydrogen (secondary N) is 1. The lowest BCUT2D eigenvalue weighted by molar-refractivity contribution is -0.133. The van der Waals surface area contributed by atoms with Gasteiger partial charge in [-0.3, -0.25) is 9.52 Å². The highest BCUT2D eigenvalue weighted by Crippen LogP contribution is 2.31. The number of carbonyl (C=O) groups excluding carboxylic acids is 1. The lowest BCUT2D eigenvalue weighted by Gasteiger charge is -2.34. The number of anilines is 1. The molecule has 1 atom stereocenters. The standard InChI is InChI=1S/C22H26F2N2O4S/c1-31(29,30)25-18-6-2-15(3-7-18)4-9-21(27)26-12-10-16(11-13-26)22(28)17-5-8-19(23)20(24)14-17/h2-3,5-8,14,16,22,25,28H,4,9-13H2,1H3. The number of hydrogen-bond acceptors (Lipinski definition) is 4. The maximum Gasteiger partial charge on any atom is 0.229 e. The van der Waals surface area contributed by atoms with Gasteiger partial charge >= 0.3 is 0 Å². The molecule has 1 aliphatic heterocycles. The van der Waals surface area contributed by atoms with Gasteiger partial charge in [0.2, 0.25) is 15.9 Å². The minimum absolute atomic E-state index is 0.0131. The van der Waals surface area contributed by atoms with Crippen LogP contribution in [0, 0.1) is 17.6 Å². The summed E-state index contributed by atoms with van der Waals surface area (Å²) in [5, 5.41) is 10.5. The number of piperidine rings is 1. The highest BCUT2D eigenvalue weighted by molar-refractivity contribution is 7.92. The van der Waals surface area contributed by atoms with Crippen molar-refractivity contribution in [3.05, 3.63) is 65.2 Å². The zero-order valence-corrected chi connectivity index (χ0v) is 18.0. The molecule has 1 aliphatic rings. The van der Waals surface area contributed by atoms with Crippen molar-refractivity contribution < 1.29 is 27.1 Å². The second-order valence-electron chi connectivity index (χ2n) is 7.91. The maximum atomic E-state index is 13.4. The Morgan fingerprint density at radius 3 is 2.35 bits per heavy atom. The molecule has 2 aromatic rings. The van der Waals surface area contributed by atoms with Gasteiger partial charge in [-0.05, 0) is 60.6 Å². The van der Waals surface area contributed by atoms with Crippen molar-refractivity contribution in [1.29, 1.82) is 0 Å². The van der Waals surface area contributed by atoms with Crippen LogP contribution in [0.15, 0.2) is 42.5 Å². The van der Waals surface area contributed by atoms with Gasteiger partial charge in [-0.1, -0.05) is 18.2 Å². The molecule has 2 aromatic carbocycles. The summed E-state index contributed by atoms with van der Waals surface area (Å²) in [5.74, 6) is -2.04. The average Bonchev–Trinajstić information content (AvgIpc) is 2.73. The number of aliphatic hydroxyl groups excluding tert-OH is 1. The molecule has 1 fully saturated rings. The summed E-state index contributed by atoms with van der Waals surface area (Å²) < 4.78 is 51.4. The van der Waals surface area contributed by atoms with Gasteiger partial charge in [-0.15, -0.1) is 0 Å². The molecular formula is C22H26F2N2O4S. The lowest BCUT2D eigenvalue weighted by atomic mass is 9.87. The van der Waals surface area contributed by atoms with Crippen LogP contribution in [0.3, 0.4) is 0 Å². The smallest absolute Gasteiger partial charge is 0.229 e. The second-order valence-corrected chi connectivity index (χ2v) is 9.66. The van der Waals surface area contributed by atoms with E-state index in [2.05, 4.69) is 4.72 Å². The van der Waals surface area contributed by atoms with Crippen LogP contribution in [0.5, 0.6) is 0 Å². The van der Waals surface area contributed by atoms with E-state index < -0.39 is 27.8 Å².